The molecule has 4 nitrogen and oxygen atoms in total. The van der Waals surface area contributed by atoms with Gasteiger partial charge in [0.15, 0.2) is 0 Å². The van der Waals surface area contributed by atoms with Crippen molar-refractivity contribution in [1.29, 1.82) is 0 Å². The van der Waals surface area contributed by atoms with E-state index in [1.165, 1.54) is 0 Å². The third-order valence-electron chi connectivity index (χ3n) is 2.82. The van der Waals surface area contributed by atoms with Gasteiger partial charge >= 0.3 is 0 Å². The number of benzene rings is 1. The maximum Gasteiger partial charge on any atom is 0.123 e. The lowest BCUT2D eigenvalue weighted by molar-refractivity contribution is 0.282. The zero-order valence-electron chi connectivity index (χ0n) is 11.3. The molecule has 1 aromatic carbocycles. The van der Waals surface area contributed by atoms with Crippen LogP contribution in [-0.2, 0) is 0 Å². The number of hydrogen-bond acceptors (Lipinski definition) is 4. The van der Waals surface area contributed by atoms with E-state index < -0.39 is 0 Å². The lowest BCUT2D eigenvalue weighted by Gasteiger charge is -2.26. The number of nitrogens with one attached hydrogen (secondary N) is 1. The molecule has 0 aromatic heterocycles. The minimum Gasteiger partial charge on any atom is -0.497 e. The highest BCUT2D eigenvalue weighted by Crippen LogP contribution is 2.31. The van der Waals surface area contributed by atoms with Gasteiger partial charge in [0.05, 0.1) is 20.3 Å². The van der Waals surface area contributed by atoms with Gasteiger partial charge in [0, 0.05) is 12.1 Å². The molecule has 1 atom stereocenters. The smallest absolute Gasteiger partial charge is 0.123 e. The van der Waals surface area contributed by atoms with Gasteiger partial charge in [0.25, 0.3) is 0 Å². The molecule has 4 heteroatoms. The molecule has 0 aliphatic rings. The van der Waals surface area contributed by atoms with Crippen molar-refractivity contribution in [3.63, 3.8) is 0 Å². The normalized spacial score (nSPS) is 12.6. The fraction of sp³-hybridized carbons (Fsp3) is 0.538. The van der Waals surface area contributed by atoms with Gasteiger partial charge in [0.1, 0.15) is 11.5 Å². The Labute approximate surface area is 104 Å². The molecule has 0 radical (unpaired) electrons. The van der Waals surface area contributed by atoms with Gasteiger partial charge in [-0.25, -0.2) is 0 Å². The third kappa shape index (κ3) is 3.35. The number of methoxy groups -OCH3 is 2. The van der Waals surface area contributed by atoms with E-state index in [1.807, 2.05) is 25.2 Å². The van der Waals surface area contributed by atoms with Crippen molar-refractivity contribution in [3.8, 4) is 11.5 Å². The van der Waals surface area contributed by atoms with Crippen molar-refractivity contribution in [1.82, 2.24) is 10.2 Å². The Morgan fingerprint density at radius 3 is 2.41 bits per heavy atom. The summed E-state index contributed by atoms with van der Waals surface area (Å²) < 4.78 is 10.7. The van der Waals surface area contributed by atoms with Crippen LogP contribution in [0, 0.1) is 0 Å². The summed E-state index contributed by atoms with van der Waals surface area (Å²) in [5, 5.41) is 3.20. The second-order valence-electron chi connectivity index (χ2n) is 4.14. The van der Waals surface area contributed by atoms with Crippen LogP contribution in [0.5, 0.6) is 11.5 Å². The van der Waals surface area contributed by atoms with Gasteiger partial charge in [-0.15, -0.1) is 0 Å². The molecular formula is C13H22N2O2. The van der Waals surface area contributed by atoms with Crippen LogP contribution in [0.2, 0.25) is 0 Å². The number of nitrogens with zero attached hydrogens (tertiary/aromatic N) is 1. The van der Waals surface area contributed by atoms with Crippen LogP contribution in [0.4, 0.5) is 0 Å². The first-order chi connectivity index (χ1) is 8.13. The van der Waals surface area contributed by atoms with Crippen LogP contribution in [0.15, 0.2) is 18.2 Å². The van der Waals surface area contributed by atoms with E-state index in [1.54, 1.807) is 14.2 Å². The topological polar surface area (TPSA) is 33.7 Å². The summed E-state index contributed by atoms with van der Waals surface area (Å²) >= 11 is 0. The maximum absolute atomic E-state index is 5.41. The number of hydrogen-bond donors (Lipinski definition) is 1. The first-order valence-electron chi connectivity index (χ1n) is 5.67. The van der Waals surface area contributed by atoms with Gasteiger partial charge in [-0.1, -0.05) is 0 Å². The van der Waals surface area contributed by atoms with E-state index in [2.05, 4.69) is 24.3 Å². The summed E-state index contributed by atoms with van der Waals surface area (Å²) in [6, 6.07) is 6.14. The predicted molar refractivity (Wildman–Crippen MR) is 69.9 cm³/mol. The van der Waals surface area contributed by atoms with Crippen molar-refractivity contribution in [3.05, 3.63) is 23.8 Å². The fourth-order valence-corrected chi connectivity index (χ4v) is 1.86. The number of ether oxygens (including phenoxy) is 2. The van der Waals surface area contributed by atoms with Crippen LogP contribution in [0.25, 0.3) is 0 Å². The third-order valence-corrected chi connectivity index (χ3v) is 2.82. The van der Waals surface area contributed by atoms with E-state index in [0.29, 0.717) is 0 Å². The Kier molecular flexibility index (Phi) is 5.25. The Hall–Kier alpha value is -1.26. The van der Waals surface area contributed by atoms with E-state index in [4.69, 9.17) is 9.47 Å². The quantitative estimate of drug-likeness (QED) is 0.815. The molecular weight excluding hydrogens is 216 g/mol. The molecule has 1 unspecified atom stereocenters. The molecule has 0 saturated heterocycles. The summed E-state index contributed by atoms with van der Waals surface area (Å²) in [4.78, 5) is 2.16. The molecule has 0 spiro atoms. The maximum atomic E-state index is 5.41. The van der Waals surface area contributed by atoms with Crippen molar-refractivity contribution in [2.75, 3.05) is 41.9 Å². The van der Waals surface area contributed by atoms with Gasteiger partial charge in [-0.3, -0.25) is 0 Å². The summed E-state index contributed by atoms with van der Waals surface area (Å²) in [7, 11) is 9.43. The van der Waals surface area contributed by atoms with E-state index in [0.717, 1.165) is 23.6 Å². The van der Waals surface area contributed by atoms with Crippen molar-refractivity contribution < 1.29 is 9.47 Å². The van der Waals surface area contributed by atoms with Crippen LogP contribution in [0.3, 0.4) is 0 Å². The number of rotatable bonds is 6. The minimum atomic E-state index is 0.255. The Bertz CT molecular complexity index is 353. The summed E-state index contributed by atoms with van der Waals surface area (Å²) in [5.41, 5.74) is 1.13. The van der Waals surface area contributed by atoms with E-state index in [9.17, 15) is 0 Å². The molecule has 0 heterocycles. The Morgan fingerprint density at radius 1 is 1.24 bits per heavy atom. The standard InChI is InChI=1S/C13H22N2O2/c1-14-9-12(15(2)3)11-8-10(16-4)6-7-13(11)17-5/h6-8,12,14H,9H2,1-5H3. The molecule has 1 N–H and O–H groups in total. The minimum absolute atomic E-state index is 0.255. The fourth-order valence-electron chi connectivity index (χ4n) is 1.86. The molecule has 0 aliphatic heterocycles. The summed E-state index contributed by atoms with van der Waals surface area (Å²) in [5.74, 6) is 1.74. The molecule has 0 fully saturated rings. The molecule has 0 bridgehead atoms. The predicted octanol–water partition coefficient (Wildman–Crippen LogP) is 1.53. The highest BCUT2D eigenvalue weighted by atomic mass is 16.5. The molecule has 0 aliphatic carbocycles. The number of likely N-dealkylation sites (N-methyl/N-ethyl adjacent to an activating group) is 2. The zero-order valence-corrected chi connectivity index (χ0v) is 11.3. The summed E-state index contributed by atoms with van der Waals surface area (Å²) in [6.07, 6.45) is 0. The van der Waals surface area contributed by atoms with Crippen molar-refractivity contribution >= 4 is 0 Å². The zero-order chi connectivity index (χ0) is 12.8. The first-order valence-corrected chi connectivity index (χ1v) is 5.67. The molecule has 1 aromatic rings. The van der Waals surface area contributed by atoms with E-state index in [-0.39, 0.29) is 6.04 Å². The Morgan fingerprint density at radius 2 is 1.94 bits per heavy atom. The van der Waals surface area contributed by atoms with Crippen molar-refractivity contribution in [2.45, 2.75) is 6.04 Å². The van der Waals surface area contributed by atoms with Gasteiger partial charge in [0.2, 0.25) is 0 Å². The first kappa shape index (κ1) is 13.8. The summed E-state index contributed by atoms with van der Waals surface area (Å²) in [6.45, 7) is 0.858. The van der Waals surface area contributed by atoms with Crippen LogP contribution in [-0.4, -0.2) is 46.8 Å². The van der Waals surface area contributed by atoms with Gasteiger partial charge in [-0.2, -0.15) is 0 Å². The Balaban J connectivity index is 3.13. The molecule has 96 valence electrons. The lowest BCUT2D eigenvalue weighted by Crippen LogP contribution is -2.29. The van der Waals surface area contributed by atoms with Crippen molar-refractivity contribution in [2.24, 2.45) is 0 Å². The monoisotopic (exact) mass is 238 g/mol. The van der Waals surface area contributed by atoms with Crippen LogP contribution < -0.4 is 14.8 Å². The molecule has 1 rings (SSSR count). The molecule has 0 saturated carbocycles. The van der Waals surface area contributed by atoms with Gasteiger partial charge < -0.3 is 19.7 Å². The second-order valence-corrected chi connectivity index (χ2v) is 4.14. The van der Waals surface area contributed by atoms with E-state index >= 15 is 0 Å². The highest BCUT2D eigenvalue weighted by molar-refractivity contribution is 5.42. The van der Waals surface area contributed by atoms with Crippen LogP contribution in [0.1, 0.15) is 11.6 Å². The second kappa shape index (κ2) is 6.47. The average molecular weight is 238 g/mol. The molecule has 0 amide bonds. The lowest BCUT2D eigenvalue weighted by atomic mass is 10.0. The highest BCUT2D eigenvalue weighted by Gasteiger charge is 2.18. The largest absolute Gasteiger partial charge is 0.497 e. The molecule has 17 heavy (non-hydrogen) atoms. The average Bonchev–Trinajstić information content (AvgIpc) is 2.34. The van der Waals surface area contributed by atoms with Gasteiger partial charge in [-0.05, 0) is 39.3 Å². The van der Waals surface area contributed by atoms with Crippen LogP contribution >= 0.6 is 0 Å². The SMILES string of the molecule is CNCC(c1cc(OC)ccc1OC)N(C)C.